The molecule has 0 bridgehead atoms. The van der Waals surface area contributed by atoms with Crippen LogP contribution in [0.2, 0.25) is 0 Å². The number of amides is 1. The van der Waals surface area contributed by atoms with Gasteiger partial charge >= 0.3 is 0 Å². The molecule has 1 amide bonds. The van der Waals surface area contributed by atoms with Crippen molar-refractivity contribution in [2.75, 3.05) is 13.1 Å². The van der Waals surface area contributed by atoms with Crippen molar-refractivity contribution in [2.24, 2.45) is 5.92 Å². The van der Waals surface area contributed by atoms with Gasteiger partial charge in [-0.25, -0.2) is 17.2 Å². The van der Waals surface area contributed by atoms with E-state index >= 15 is 0 Å². The Labute approximate surface area is 126 Å². The highest BCUT2D eigenvalue weighted by atomic mass is 35.7. The highest BCUT2D eigenvalue weighted by Gasteiger charge is 2.30. The molecule has 0 saturated heterocycles. The van der Waals surface area contributed by atoms with Crippen molar-refractivity contribution < 1.29 is 22.0 Å². The summed E-state index contributed by atoms with van der Waals surface area (Å²) in [6.45, 7) is 2.54. The first kappa shape index (κ1) is 16.2. The maximum Gasteiger partial charge on any atom is 0.262 e. The molecule has 1 aromatic carbocycles. The molecule has 1 aliphatic carbocycles. The number of carbonyl (C=O) groups is 1. The third kappa shape index (κ3) is 3.71. The summed E-state index contributed by atoms with van der Waals surface area (Å²) < 4.78 is 49.5. The molecule has 1 aromatic rings. The van der Waals surface area contributed by atoms with Crippen LogP contribution in [0.25, 0.3) is 0 Å². The van der Waals surface area contributed by atoms with Gasteiger partial charge < -0.3 is 4.90 Å². The van der Waals surface area contributed by atoms with Crippen LogP contribution in [0.3, 0.4) is 0 Å². The largest absolute Gasteiger partial charge is 0.339 e. The number of nitrogens with zero attached hydrogens (tertiary/aromatic N) is 1. The molecule has 1 aliphatic rings. The third-order valence-electron chi connectivity index (χ3n) is 3.36. The quantitative estimate of drug-likeness (QED) is 0.776. The maximum atomic E-state index is 13.4. The normalized spacial score (nSPS) is 15.0. The van der Waals surface area contributed by atoms with E-state index in [0.717, 1.165) is 12.8 Å². The van der Waals surface area contributed by atoms with Gasteiger partial charge in [0.15, 0.2) is 11.6 Å². The van der Waals surface area contributed by atoms with Crippen LogP contribution in [-0.4, -0.2) is 32.3 Å². The van der Waals surface area contributed by atoms with Gasteiger partial charge in [0, 0.05) is 23.8 Å². The van der Waals surface area contributed by atoms with Gasteiger partial charge in [0.05, 0.1) is 10.5 Å². The zero-order chi connectivity index (χ0) is 15.8. The van der Waals surface area contributed by atoms with Crippen LogP contribution in [0.4, 0.5) is 8.78 Å². The molecule has 2 rings (SSSR count). The van der Waals surface area contributed by atoms with Crippen molar-refractivity contribution in [2.45, 2.75) is 24.7 Å². The monoisotopic (exact) mass is 337 g/mol. The van der Waals surface area contributed by atoms with Crippen molar-refractivity contribution in [1.29, 1.82) is 0 Å². The summed E-state index contributed by atoms with van der Waals surface area (Å²) in [5, 5.41) is 0. The Kier molecular flexibility index (Phi) is 4.53. The van der Waals surface area contributed by atoms with E-state index < -0.39 is 37.1 Å². The first-order valence-electron chi connectivity index (χ1n) is 6.47. The molecule has 8 heteroatoms. The van der Waals surface area contributed by atoms with Gasteiger partial charge in [-0.1, -0.05) is 0 Å². The molecule has 0 radical (unpaired) electrons. The fraction of sp³-hybridized carbons (Fsp3) is 0.462. The Morgan fingerprint density at radius 1 is 1.33 bits per heavy atom. The molecule has 0 aromatic heterocycles. The zero-order valence-electron chi connectivity index (χ0n) is 11.3. The number of hydrogen-bond acceptors (Lipinski definition) is 3. The van der Waals surface area contributed by atoms with Gasteiger partial charge in [-0.3, -0.25) is 4.79 Å². The standard InChI is InChI=1S/C13H14ClF2NO3S/c1-2-17(7-8-3-4-8)13(18)9-5-10(15)11(16)6-12(9)21(14,19)20/h5-6,8H,2-4,7H2,1H3. The average molecular weight is 338 g/mol. The van der Waals surface area contributed by atoms with E-state index in [1.807, 2.05) is 0 Å². The maximum absolute atomic E-state index is 13.4. The van der Waals surface area contributed by atoms with Gasteiger partial charge in [0.25, 0.3) is 15.0 Å². The fourth-order valence-corrected chi connectivity index (χ4v) is 3.07. The fourth-order valence-electron chi connectivity index (χ4n) is 2.04. The van der Waals surface area contributed by atoms with Crippen molar-refractivity contribution >= 4 is 25.6 Å². The third-order valence-corrected chi connectivity index (χ3v) is 4.72. The average Bonchev–Trinajstić information content (AvgIpc) is 3.20. The van der Waals surface area contributed by atoms with Crippen molar-refractivity contribution in [3.05, 3.63) is 29.3 Å². The second-order valence-electron chi connectivity index (χ2n) is 4.99. The molecule has 1 saturated carbocycles. The van der Waals surface area contributed by atoms with Crippen LogP contribution in [0, 0.1) is 17.6 Å². The lowest BCUT2D eigenvalue weighted by molar-refractivity contribution is 0.0752. The lowest BCUT2D eigenvalue weighted by Crippen LogP contribution is -2.33. The Morgan fingerprint density at radius 2 is 1.90 bits per heavy atom. The van der Waals surface area contributed by atoms with E-state index in [-0.39, 0.29) is 0 Å². The summed E-state index contributed by atoms with van der Waals surface area (Å²) in [7, 11) is 0.856. The predicted molar refractivity (Wildman–Crippen MR) is 73.7 cm³/mol. The lowest BCUT2D eigenvalue weighted by Gasteiger charge is -2.21. The summed E-state index contributed by atoms with van der Waals surface area (Å²) >= 11 is 0. The number of halogens is 3. The molecule has 0 atom stereocenters. The van der Waals surface area contributed by atoms with Gasteiger partial charge in [0.2, 0.25) is 0 Å². The van der Waals surface area contributed by atoms with Gasteiger partial charge in [-0.2, -0.15) is 0 Å². The molecule has 4 nitrogen and oxygen atoms in total. The van der Waals surface area contributed by atoms with Crippen LogP contribution < -0.4 is 0 Å². The molecule has 0 spiro atoms. The minimum Gasteiger partial charge on any atom is -0.339 e. The van der Waals surface area contributed by atoms with E-state index in [1.54, 1.807) is 6.92 Å². The molecule has 1 fully saturated rings. The molecule has 21 heavy (non-hydrogen) atoms. The van der Waals surface area contributed by atoms with Crippen LogP contribution in [-0.2, 0) is 9.05 Å². The molecular weight excluding hydrogens is 324 g/mol. The molecule has 0 unspecified atom stereocenters. The van der Waals surface area contributed by atoms with Crippen molar-refractivity contribution in [1.82, 2.24) is 4.90 Å². The predicted octanol–water partition coefficient (Wildman–Crippen LogP) is 2.76. The Balaban J connectivity index is 2.45. The molecule has 0 heterocycles. The van der Waals surface area contributed by atoms with E-state index in [1.165, 1.54) is 4.90 Å². The van der Waals surface area contributed by atoms with Crippen molar-refractivity contribution in [3.63, 3.8) is 0 Å². The van der Waals surface area contributed by atoms with E-state index in [2.05, 4.69) is 0 Å². The Morgan fingerprint density at radius 3 is 2.38 bits per heavy atom. The second kappa shape index (κ2) is 5.88. The van der Waals surface area contributed by atoms with Crippen LogP contribution in [0.15, 0.2) is 17.0 Å². The summed E-state index contributed by atoms with van der Waals surface area (Å²) in [5.74, 6) is -2.93. The molecule has 116 valence electrons. The Hall–Kier alpha value is -1.21. The van der Waals surface area contributed by atoms with Crippen LogP contribution in [0.1, 0.15) is 30.1 Å². The SMILES string of the molecule is CCN(CC1CC1)C(=O)c1cc(F)c(F)cc1S(=O)(=O)Cl. The van der Waals surface area contributed by atoms with Gasteiger partial charge in [-0.05, 0) is 37.8 Å². The van der Waals surface area contributed by atoms with E-state index in [4.69, 9.17) is 10.7 Å². The van der Waals surface area contributed by atoms with Gasteiger partial charge in [0.1, 0.15) is 0 Å². The Bertz CT molecular complexity index is 674. The number of benzene rings is 1. The van der Waals surface area contributed by atoms with Crippen LogP contribution in [0.5, 0.6) is 0 Å². The highest BCUT2D eigenvalue weighted by molar-refractivity contribution is 8.13. The van der Waals surface area contributed by atoms with Crippen molar-refractivity contribution in [3.8, 4) is 0 Å². The number of rotatable bonds is 5. The summed E-state index contributed by atoms with van der Waals surface area (Å²) in [6.07, 6.45) is 2.00. The first-order chi connectivity index (χ1) is 9.74. The molecule has 0 aliphatic heterocycles. The minimum atomic E-state index is -4.35. The minimum absolute atomic E-state index is 0.343. The van der Waals surface area contributed by atoms with E-state index in [9.17, 15) is 22.0 Å². The summed E-state index contributed by atoms with van der Waals surface area (Å²) in [6, 6.07) is 1.03. The summed E-state index contributed by atoms with van der Waals surface area (Å²) in [5.41, 5.74) is -0.439. The highest BCUT2D eigenvalue weighted by Crippen LogP contribution is 2.31. The second-order valence-corrected chi connectivity index (χ2v) is 7.52. The number of carbonyl (C=O) groups excluding carboxylic acids is 1. The molecule has 0 N–H and O–H groups in total. The van der Waals surface area contributed by atoms with Crippen LogP contribution >= 0.6 is 10.7 Å². The smallest absolute Gasteiger partial charge is 0.262 e. The topological polar surface area (TPSA) is 54.5 Å². The van der Waals surface area contributed by atoms with Gasteiger partial charge in [-0.15, -0.1) is 0 Å². The molecular formula is C13H14ClF2NO3S. The lowest BCUT2D eigenvalue weighted by atomic mass is 10.1. The first-order valence-corrected chi connectivity index (χ1v) is 8.78. The summed E-state index contributed by atoms with van der Waals surface area (Å²) in [4.78, 5) is 13.1. The zero-order valence-corrected chi connectivity index (χ0v) is 12.8. The number of hydrogen-bond donors (Lipinski definition) is 0. The van der Waals surface area contributed by atoms with E-state index in [0.29, 0.717) is 31.1 Å².